The molecule has 1 aromatic carbocycles. The lowest BCUT2D eigenvalue weighted by Crippen LogP contribution is -2.21. The van der Waals surface area contributed by atoms with Crippen LogP contribution in [0.25, 0.3) is 11.0 Å². The van der Waals surface area contributed by atoms with Crippen LogP contribution in [0.4, 0.5) is 0 Å². The molecule has 1 atom stereocenters. The van der Waals surface area contributed by atoms with Crippen molar-refractivity contribution in [2.75, 3.05) is 6.54 Å². The van der Waals surface area contributed by atoms with E-state index in [4.69, 9.17) is 4.42 Å². The Morgan fingerprint density at radius 3 is 2.85 bits per heavy atom. The van der Waals surface area contributed by atoms with Crippen LogP contribution in [-0.2, 0) is 0 Å². The molecule has 0 fully saturated rings. The zero-order valence-electron chi connectivity index (χ0n) is 11.9. The Morgan fingerprint density at radius 1 is 1.35 bits per heavy atom. The van der Waals surface area contributed by atoms with Gasteiger partial charge in [-0.05, 0) is 32.0 Å². The molecule has 20 heavy (non-hydrogen) atoms. The van der Waals surface area contributed by atoms with Gasteiger partial charge in [0.15, 0.2) is 0 Å². The molecule has 0 spiro atoms. The number of aryl methyl sites for hydroxylation is 2. The molecular weight excluding hydrogens is 268 g/mol. The van der Waals surface area contributed by atoms with Crippen LogP contribution in [0.2, 0.25) is 0 Å². The first-order valence-electron chi connectivity index (χ1n) is 6.83. The highest BCUT2D eigenvalue weighted by Gasteiger charge is 2.20. The summed E-state index contributed by atoms with van der Waals surface area (Å²) in [5.74, 6) is 0.932. The second-order valence-electron chi connectivity index (χ2n) is 4.92. The Labute approximate surface area is 122 Å². The smallest absolute Gasteiger partial charge is 0.137 e. The van der Waals surface area contributed by atoms with E-state index in [0.717, 1.165) is 34.0 Å². The van der Waals surface area contributed by atoms with Crippen LogP contribution in [0.15, 0.2) is 34.1 Å². The fourth-order valence-corrected chi connectivity index (χ4v) is 3.08. The van der Waals surface area contributed by atoms with E-state index in [1.54, 1.807) is 11.3 Å². The van der Waals surface area contributed by atoms with Crippen LogP contribution < -0.4 is 5.32 Å². The van der Waals surface area contributed by atoms with E-state index < -0.39 is 0 Å². The summed E-state index contributed by atoms with van der Waals surface area (Å²) in [7, 11) is 0. The van der Waals surface area contributed by atoms with Gasteiger partial charge in [0.2, 0.25) is 0 Å². The second-order valence-corrected chi connectivity index (χ2v) is 5.99. The standard InChI is InChI=1S/C16H18N2OS/c1-4-17-15(13-9-20-11(3)18-13)14-8-12-7-5-6-10(2)16(12)19-14/h5-9,15,17H,4H2,1-3H3. The average molecular weight is 286 g/mol. The zero-order chi connectivity index (χ0) is 14.1. The molecule has 3 rings (SSSR count). The van der Waals surface area contributed by atoms with E-state index in [0.29, 0.717) is 0 Å². The van der Waals surface area contributed by atoms with Gasteiger partial charge in [0, 0.05) is 10.8 Å². The van der Waals surface area contributed by atoms with Crippen molar-refractivity contribution in [1.82, 2.24) is 10.3 Å². The van der Waals surface area contributed by atoms with Crippen LogP contribution >= 0.6 is 11.3 Å². The quantitative estimate of drug-likeness (QED) is 0.781. The number of nitrogens with zero attached hydrogens (tertiary/aromatic N) is 1. The number of nitrogens with one attached hydrogen (secondary N) is 1. The maximum absolute atomic E-state index is 6.08. The highest BCUT2D eigenvalue weighted by atomic mass is 32.1. The molecule has 2 aromatic heterocycles. The third-order valence-corrected chi connectivity index (χ3v) is 4.18. The van der Waals surface area contributed by atoms with Crippen LogP contribution in [0.3, 0.4) is 0 Å². The number of fused-ring (bicyclic) bond motifs is 1. The first-order chi connectivity index (χ1) is 9.69. The second kappa shape index (κ2) is 5.38. The van der Waals surface area contributed by atoms with Crippen molar-refractivity contribution >= 4 is 22.3 Å². The normalized spacial score (nSPS) is 12.9. The predicted molar refractivity (Wildman–Crippen MR) is 83.3 cm³/mol. The Kier molecular flexibility index (Phi) is 3.59. The number of para-hydroxylation sites is 1. The summed E-state index contributed by atoms with van der Waals surface area (Å²) in [4.78, 5) is 4.59. The van der Waals surface area contributed by atoms with Gasteiger partial charge in [0.25, 0.3) is 0 Å². The molecule has 4 heteroatoms. The van der Waals surface area contributed by atoms with Gasteiger partial charge in [-0.15, -0.1) is 11.3 Å². The molecule has 0 saturated carbocycles. The highest BCUT2D eigenvalue weighted by Crippen LogP contribution is 2.30. The summed E-state index contributed by atoms with van der Waals surface area (Å²) in [6.07, 6.45) is 0. The Hall–Kier alpha value is -1.65. The van der Waals surface area contributed by atoms with E-state index in [1.165, 1.54) is 5.56 Å². The fourth-order valence-electron chi connectivity index (χ4n) is 2.44. The van der Waals surface area contributed by atoms with Crippen molar-refractivity contribution in [2.45, 2.75) is 26.8 Å². The number of rotatable bonds is 4. The van der Waals surface area contributed by atoms with Crippen molar-refractivity contribution in [3.05, 3.63) is 51.7 Å². The van der Waals surface area contributed by atoms with Crippen LogP contribution in [0, 0.1) is 13.8 Å². The lowest BCUT2D eigenvalue weighted by molar-refractivity contribution is 0.471. The molecule has 1 unspecified atom stereocenters. The summed E-state index contributed by atoms with van der Waals surface area (Å²) in [6.45, 7) is 7.07. The Morgan fingerprint density at radius 2 is 2.20 bits per heavy atom. The van der Waals surface area contributed by atoms with Crippen molar-refractivity contribution in [3.8, 4) is 0 Å². The van der Waals surface area contributed by atoms with Crippen LogP contribution in [0.5, 0.6) is 0 Å². The summed E-state index contributed by atoms with van der Waals surface area (Å²) in [5.41, 5.74) is 3.17. The number of furan rings is 1. The van der Waals surface area contributed by atoms with E-state index >= 15 is 0 Å². The van der Waals surface area contributed by atoms with Gasteiger partial charge in [-0.1, -0.05) is 25.1 Å². The lowest BCUT2D eigenvalue weighted by atomic mass is 10.1. The van der Waals surface area contributed by atoms with Crippen LogP contribution in [0.1, 0.15) is 35.0 Å². The van der Waals surface area contributed by atoms with Crippen LogP contribution in [-0.4, -0.2) is 11.5 Å². The molecule has 0 aliphatic carbocycles. The summed E-state index contributed by atoms with van der Waals surface area (Å²) >= 11 is 1.67. The molecule has 0 amide bonds. The van der Waals surface area contributed by atoms with Gasteiger partial charge in [-0.25, -0.2) is 4.98 Å². The third kappa shape index (κ3) is 2.37. The summed E-state index contributed by atoms with van der Waals surface area (Å²) < 4.78 is 6.08. The van der Waals surface area contributed by atoms with Gasteiger partial charge in [-0.3, -0.25) is 0 Å². The molecular formula is C16H18N2OS. The van der Waals surface area contributed by atoms with Crippen molar-refractivity contribution < 1.29 is 4.42 Å². The Balaban J connectivity index is 2.07. The van der Waals surface area contributed by atoms with Gasteiger partial charge in [0.1, 0.15) is 17.4 Å². The topological polar surface area (TPSA) is 38.1 Å². The minimum absolute atomic E-state index is 0.0248. The monoisotopic (exact) mass is 286 g/mol. The van der Waals surface area contributed by atoms with Gasteiger partial charge >= 0.3 is 0 Å². The zero-order valence-corrected chi connectivity index (χ0v) is 12.8. The maximum atomic E-state index is 6.08. The number of hydrogen-bond donors (Lipinski definition) is 1. The number of thiazole rings is 1. The first-order valence-corrected chi connectivity index (χ1v) is 7.71. The van der Waals surface area contributed by atoms with Gasteiger partial charge in [0.05, 0.1) is 10.7 Å². The Bertz CT molecular complexity index is 729. The van der Waals surface area contributed by atoms with E-state index in [2.05, 4.69) is 53.8 Å². The predicted octanol–water partition coefficient (Wildman–Crippen LogP) is 4.21. The summed E-state index contributed by atoms with van der Waals surface area (Å²) in [5, 5.41) is 7.79. The maximum Gasteiger partial charge on any atom is 0.137 e. The minimum Gasteiger partial charge on any atom is -0.459 e. The minimum atomic E-state index is 0.0248. The molecule has 0 saturated heterocycles. The third-order valence-electron chi connectivity index (χ3n) is 3.39. The van der Waals surface area contributed by atoms with E-state index in [1.807, 2.05) is 6.92 Å². The lowest BCUT2D eigenvalue weighted by Gasteiger charge is -2.12. The molecule has 3 aromatic rings. The molecule has 104 valence electrons. The molecule has 1 N–H and O–H groups in total. The average Bonchev–Trinajstić information content (AvgIpc) is 3.03. The molecule has 3 nitrogen and oxygen atoms in total. The summed E-state index contributed by atoms with van der Waals surface area (Å²) in [6, 6.07) is 8.36. The van der Waals surface area contributed by atoms with Gasteiger partial charge in [-0.2, -0.15) is 0 Å². The molecule has 0 radical (unpaired) electrons. The van der Waals surface area contributed by atoms with E-state index in [-0.39, 0.29) is 6.04 Å². The number of benzene rings is 1. The van der Waals surface area contributed by atoms with E-state index in [9.17, 15) is 0 Å². The van der Waals surface area contributed by atoms with Crippen molar-refractivity contribution in [2.24, 2.45) is 0 Å². The molecule has 0 bridgehead atoms. The van der Waals surface area contributed by atoms with Crippen molar-refractivity contribution in [1.29, 1.82) is 0 Å². The molecule has 2 heterocycles. The SMILES string of the molecule is CCNC(c1csc(C)n1)c1cc2cccc(C)c2o1. The highest BCUT2D eigenvalue weighted by molar-refractivity contribution is 7.09. The number of hydrogen-bond acceptors (Lipinski definition) is 4. The van der Waals surface area contributed by atoms with Crippen molar-refractivity contribution in [3.63, 3.8) is 0 Å². The fraction of sp³-hybridized carbons (Fsp3) is 0.312. The molecule has 0 aliphatic rings. The van der Waals surface area contributed by atoms with Gasteiger partial charge < -0.3 is 9.73 Å². The number of aromatic nitrogens is 1. The molecule has 0 aliphatic heterocycles. The first kappa shape index (κ1) is 13.3. The largest absolute Gasteiger partial charge is 0.459 e.